The van der Waals surface area contributed by atoms with Crippen molar-refractivity contribution in [3.05, 3.63) is 51.0 Å². The third kappa shape index (κ3) is 3.42. The van der Waals surface area contributed by atoms with E-state index >= 15 is 0 Å². The lowest BCUT2D eigenvalue weighted by Gasteiger charge is -2.24. The number of hydrogen-bond acceptors (Lipinski definition) is 6. The average molecular weight is 377 g/mol. The van der Waals surface area contributed by atoms with Crippen LogP contribution in [0.2, 0.25) is 5.02 Å². The first-order valence-electron chi connectivity index (χ1n) is 7.50. The molecule has 0 spiro atoms. The first-order valence-corrected chi connectivity index (χ1v) is 7.88. The van der Waals surface area contributed by atoms with Gasteiger partial charge in [-0.1, -0.05) is 17.7 Å². The van der Waals surface area contributed by atoms with Gasteiger partial charge < -0.3 is 20.2 Å². The highest BCUT2D eigenvalue weighted by Gasteiger charge is 2.33. The van der Waals surface area contributed by atoms with Gasteiger partial charge in [0, 0.05) is 16.8 Å². The van der Waals surface area contributed by atoms with E-state index in [0.29, 0.717) is 16.3 Å². The Bertz CT molecular complexity index is 918. The smallest absolute Gasteiger partial charge is 0.366 e. The number of ether oxygens (including phenoxy) is 1. The van der Waals surface area contributed by atoms with Crippen LogP contribution >= 0.6 is 11.6 Å². The van der Waals surface area contributed by atoms with Gasteiger partial charge >= 0.3 is 5.82 Å². The zero-order valence-corrected chi connectivity index (χ0v) is 14.3. The van der Waals surface area contributed by atoms with Crippen molar-refractivity contribution in [1.29, 1.82) is 0 Å². The van der Waals surface area contributed by atoms with E-state index in [4.69, 9.17) is 16.3 Å². The molecule has 0 saturated carbocycles. The van der Waals surface area contributed by atoms with Crippen molar-refractivity contribution >= 4 is 40.7 Å². The number of anilines is 2. The zero-order valence-electron chi connectivity index (χ0n) is 13.6. The molecule has 0 fully saturated rings. The van der Waals surface area contributed by atoms with Crippen LogP contribution in [-0.4, -0.2) is 34.9 Å². The summed E-state index contributed by atoms with van der Waals surface area (Å²) in [5.74, 6) is -1.33. The second kappa shape index (κ2) is 6.96. The van der Waals surface area contributed by atoms with Crippen molar-refractivity contribution in [2.24, 2.45) is 0 Å². The molecule has 1 aliphatic heterocycles. The van der Waals surface area contributed by atoms with Crippen molar-refractivity contribution in [3.8, 4) is 5.75 Å². The van der Waals surface area contributed by atoms with E-state index in [1.54, 1.807) is 25.1 Å². The highest BCUT2D eigenvalue weighted by atomic mass is 35.5. The lowest BCUT2D eigenvalue weighted by molar-refractivity contribution is -0.389. The van der Waals surface area contributed by atoms with Crippen LogP contribution in [0.3, 0.4) is 0 Å². The minimum absolute atomic E-state index is 0.0617. The largest absolute Gasteiger partial charge is 0.477 e. The number of halogens is 1. The molecule has 1 aliphatic rings. The maximum absolute atomic E-state index is 12.4. The van der Waals surface area contributed by atoms with Crippen molar-refractivity contribution in [2.75, 3.05) is 23.4 Å². The summed E-state index contributed by atoms with van der Waals surface area (Å²) in [5, 5.41) is 14.1. The van der Waals surface area contributed by atoms with Crippen molar-refractivity contribution in [2.45, 2.75) is 6.92 Å². The van der Waals surface area contributed by atoms with Gasteiger partial charge in [0.25, 0.3) is 11.7 Å². The Kier molecular flexibility index (Phi) is 4.72. The third-order valence-corrected chi connectivity index (χ3v) is 4.17. The molecule has 0 radical (unpaired) electrons. The Hall–Kier alpha value is -3.20. The fourth-order valence-electron chi connectivity index (χ4n) is 2.41. The van der Waals surface area contributed by atoms with Gasteiger partial charge in [-0.15, -0.1) is 0 Å². The highest BCUT2D eigenvalue weighted by Crippen LogP contribution is 2.32. The van der Waals surface area contributed by atoms with Gasteiger partial charge in [-0.3, -0.25) is 14.5 Å². The number of pyridine rings is 1. The van der Waals surface area contributed by atoms with Gasteiger partial charge in [-0.05, 0) is 40.6 Å². The third-order valence-electron chi connectivity index (χ3n) is 3.76. The number of carbonyl (C=O) groups is 2. The van der Waals surface area contributed by atoms with Crippen LogP contribution in [0.5, 0.6) is 5.75 Å². The van der Waals surface area contributed by atoms with Crippen LogP contribution in [0, 0.1) is 17.0 Å². The molecule has 0 atom stereocenters. The van der Waals surface area contributed by atoms with E-state index in [2.05, 4.69) is 10.3 Å². The number of nitro groups is 1. The van der Waals surface area contributed by atoms with Crippen LogP contribution in [0.25, 0.3) is 0 Å². The van der Waals surface area contributed by atoms with E-state index < -0.39 is 22.6 Å². The number of hydrogen-bond donors (Lipinski definition) is 1. The summed E-state index contributed by atoms with van der Waals surface area (Å²) in [4.78, 5) is 39.6. The van der Waals surface area contributed by atoms with Gasteiger partial charge in [0.15, 0.2) is 12.4 Å². The summed E-state index contributed by atoms with van der Waals surface area (Å²) in [7, 11) is 0. The second-order valence-electron chi connectivity index (χ2n) is 5.48. The molecular formula is C16H13ClN4O5. The molecule has 2 aromatic rings. The van der Waals surface area contributed by atoms with E-state index in [1.165, 1.54) is 12.1 Å². The highest BCUT2D eigenvalue weighted by molar-refractivity contribution is 6.31. The van der Waals surface area contributed by atoms with Gasteiger partial charge in [-0.2, -0.15) is 0 Å². The van der Waals surface area contributed by atoms with Gasteiger partial charge in [0.1, 0.15) is 6.54 Å². The van der Waals surface area contributed by atoms with Gasteiger partial charge in [0.2, 0.25) is 5.91 Å². The van der Waals surface area contributed by atoms with E-state index in [-0.39, 0.29) is 24.7 Å². The minimum Gasteiger partial charge on any atom is -0.477 e. The molecule has 0 aliphatic carbocycles. The number of aromatic nitrogens is 1. The Morgan fingerprint density at radius 2 is 2.19 bits per heavy atom. The number of carbonyl (C=O) groups excluding carboxylic acids is 2. The molecule has 1 aromatic carbocycles. The molecule has 3 rings (SSSR count). The summed E-state index contributed by atoms with van der Waals surface area (Å²) < 4.78 is 5.21. The number of rotatable bonds is 4. The molecule has 26 heavy (non-hydrogen) atoms. The molecule has 2 heterocycles. The average Bonchev–Trinajstić information content (AvgIpc) is 2.61. The van der Waals surface area contributed by atoms with Crippen LogP contribution in [-0.2, 0) is 9.59 Å². The molecule has 10 heteroatoms. The van der Waals surface area contributed by atoms with Crippen LogP contribution < -0.4 is 15.0 Å². The second-order valence-corrected chi connectivity index (χ2v) is 5.88. The fraction of sp³-hybridized carbons (Fsp3) is 0.188. The Balaban J connectivity index is 1.84. The predicted octanol–water partition coefficient (Wildman–Crippen LogP) is 2.32. The molecule has 0 saturated heterocycles. The Labute approximate surface area is 152 Å². The number of fused-ring (bicyclic) bond motifs is 1. The summed E-state index contributed by atoms with van der Waals surface area (Å²) in [6.45, 7) is 1.10. The maximum atomic E-state index is 12.4. The van der Waals surface area contributed by atoms with Crippen LogP contribution in [0.15, 0.2) is 30.3 Å². The lowest BCUT2D eigenvalue weighted by Crippen LogP contribution is -2.44. The summed E-state index contributed by atoms with van der Waals surface area (Å²) in [6, 6.07) is 7.57. The molecule has 9 nitrogen and oxygen atoms in total. The molecule has 0 unspecified atom stereocenters. The minimum atomic E-state index is -0.688. The number of nitrogens with zero attached hydrogens (tertiary/aromatic N) is 3. The van der Waals surface area contributed by atoms with Crippen molar-refractivity contribution in [3.63, 3.8) is 0 Å². The molecule has 1 N–H and O–H groups in total. The first kappa shape index (κ1) is 17.6. The number of amides is 2. The summed E-state index contributed by atoms with van der Waals surface area (Å²) >= 11 is 6.02. The fourth-order valence-corrected chi connectivity index (χ4v) is 2.58. The summed E-state index contributed by atoms with van der Waals surface area (Å²) in [6.07, 6.45) is 0. The summed E-state index contributed by atoms with van der Waals surface area (Å²) in [5.41, 5.74) is 1.19. The molecule has 2 amide bonds. The quantitative estimate of drug-likeness (QED) is 0.646. The molecule has 1 aromatic heterocycles. The first-order chi connectivity index (χ1) is 12.4. The van der Waals surface area contributed by atoms with Crippen LogP contribution in [0.4, 0.5) is 17.3 Å². The van der Waals surface area contributed by atoms with Gasteiger partial charge in [-0.25, -0.2) is 0 Å². The maximum Gasteiger partial charge on any atom is 0.366 e. The normalized spacial score (nSPS) is 13.0. The lowest BCUT2D eigenvalue weighted by atomic mass is 10.2. The topological polar surface area (TPSA) is 115 Å². The van der Waals surface area contributed by atoms with E-state index in [9.17, 15) is 19.7 Å². The zero-order chi connectivity index (χ0) is 18.8. The molecule has 0 bridgehead atoms. The number of benzene rings is 1. The SMILES string of the molecule is Cc1c(Cl)cccc1NC(=O)CN1C(=O)COc2ccc([N+](=O)[O-])nc21. The predicted molar refractivity (Wildman–Crippen MR) is 93.6 cm³/mol. The van der Waals surface area contributed by atoms with Crippen molar-refractivity contribution in [1.82, 2.24) is 4.98 Å². The van der Waals surface area contributed by atoms with E-state index in [1.807, 2.05) is 0 Å². The van der Waals surface area contributed by atoms with Crippen LogP contribution in [0.1, 0.15) is 5.56 Å². The van der Waals surface area contributed by atoms with Crippen molar-refractivity contribution < 1.29 is 19.2 Å². The molecule has 134 valence electrons. The Morgan fingerprint density at radius 3 is 2.92 bits per heavy atom. The molecular weight excluding hydrogens is 364 g/mol. The Morgan fingerprint density at radius 1 is 1.42 bits per heavy atom. The van der Waals surface area contributed by atoms with Gasteiger partial charge in [0.05, 0.1) is 0 Å². The van der Waals surface area contributed by atoms with E-state index in [0.717, 1.165) is 4.90 Å². The monoisotopic (exact) mass is 376 g/mol. The number of nitrogens with one attached hydrogen (secondary N) is 1. The standard InChI is InChI=1S/C16H13ClN4O5/c1-9-10(17)3-2-4-11(9)18-14(22)7-20-15(23)8-26-12-5-6-13(21(24)25)19-16(12)20/h2-6H,7-8H2,1H3,(H,18,22).